The second kappa shape index (κ2) is 38.0. The number of ether oxygens (including phenoxy) is 6. The molecule has 0 saturated carbocycles. The van der Waals surface area contributed by atoms with Crippen LogP contribution < -0.4 is 50.6 Å². The Labute approximate surface area is 689 Å². The molecule has 3 N–H and O–H groups in total. The molecule has 12 rings (SSSR count). The predicted molar refractivity (Wildman–Crippen MR) is 442 cm³/mol. The van der Waals surface area contributed by atoms with Crippen molar-refractivity contribution in [3.05, 3.63) is 210 Å². The lowest BCUT2D eigenvalue weighted by molar-refractivity contribution is 0.00578. The molecule has 1 fully saturated rings. The van der Waals surface area contributed by atoms with Gasteiger partial charge < -0.3 is 62.2 Å². The van der Waals surface area contributed by atoms with Gasteiger partial charge in [-0.05, 0) is 165 Å². The van der Waals surface area contributed by atoms with Crippen molar-refractivity contribution in [3.63, 3.8) is 0 Å². The Hall–Kier alpha value is -10.6. The number of aryl methyl sites for hydroxylation is 5. The molecule has 1 aliphatic heterocycles. The summed E-state index contributed by atoms with van der Waals surface area (Å²) >= 11 is 6.47. The van der Waals surface area contributed by atoms with Crippen LogP contribution in [0.15, 0.2) is 205 Å². The zero-order valence-corrected chi connectivity index (χ0v) is 72.2. The number of halogens is 2. The summed E-state index contributed by atoms with van der Waals surface area (Å²) in [6.45, 7) is 13.6. The highest BCUT2D eigenvalue weighted by Gasteiger charge is 2.52. The summed E-state index contributed by atoms with van der Waals surface area (Å²) in [4.78, 5) is 59.2. The molecule has 616 valence electrons. The minimum atomic E-state index is -4.50. The molecule has 116 heavy (non-hydrogen) atoms. The molecular formula is C80H91BBr2N10O20S3. The van der Waals surface area contributed by atoms with Crippen molar-refractivity contribution < 1.29 is 78.3 Å². The average molecular weight is 1780 g/mol. The van der Waals surface area contributed by atoms with Crippen LogP contribution in [0.5, 0.6) is 52.1 Å². The van der Waals surface area contributed by atoms with Gasteiger partial charge in [0, 0.05) is 68.2 Å². The Kier molecular flexibility index (Phi) is 29.2. The number of hydrogen-bond acceptors (Lipinski definition) is 25. The first-order valence-electron chi connectivity index (χ1n) is 36.4. The van der Waals surface area contributed by atoms with Crippen LogP contribution in [0.1, 0.15) is 104 Å². The third-order valence-corrected chi connectivity index (χ3v) is 25.7. The Bertz CT molecular complexity index is 5800. The van der Waals surface area contributed by atoms with Crippen molar-refractivity contribution in [1.82, 2.24) is 47.8 Å². The van der Waals surface area contributed by atoms with E-state index in [0.717, 1.165) is 37.7 Å². The second-order valence-electron chi connectivity index (χ2n) is 27.1. The minimum Gasteiger partial charge on any atom is -0.494 e. The highest BCUT2D eigenvalue weighted by Crippen LogP contribution is 2.40. The van der Waals surface area contributed by atoms with Crippen LogP contribution in [0.3, 0.4) is 0 Å². The van der Waals surface area contributed by atoms with Crippen LogP contribution in [0.4, 0.5) is 0 Å². The molecule has 36 heteroatoms. The first kappa shape index (κ1) is 89.3. The monoisotopic (exact) mass is 1780 g/mol. The summed E-state index contributed by atoms with van der Waals surface area (Å²) in [6, 6.07) is 32.4. The first-order chi connectivity index (χ1) is 55.1. The normalized spacial score (nSPS) is 13.0. The van der Waals surface area contributed by atoms with Gasteiger partial charge in [0.05, 0.1) is 68.5 Å². The summed E-state index contributed by atoms with van der Waals surface area (Å²) in [5, 5.41) is 32.2. The zero-order chi connectivity index (χ0) is 84.9. The van der Waals surface area contributed by atoms with Crippen LogP contribution in [-0.2, 0) is 72.2 Å². The van der Waals surface area contributed by atoms with E-state index in [0.29, 0.717) is 71.3 Å². The molecule has 0 radical (unpaired) electrons. The molecule has 0 aliphatic carbocycles. The van der Waals surface area contributed by atoms with Gasteiger partial charge in [0.15, 0.2) is 19.4 Å². The molecule has 11 aromatic rings. The topological polar surface area (TPSA) is 377 Å². The molecule has 6 aromatic carbocycles. The van der Waals surface area contributed by atoms with Crippen molar-refractivity contribution in [1.29, 1.82) is 0 Å². The van der Waals surface area contributed by atoms with Crippen LogP contribution in [0, 0.1) is 0 Å². The van der Waals surface area contributed by atoms with Gasteiger partial charge >= 0.3 is 7.12 Å². The highest BCUT2D eigenvalue weighted by atomic mass is 79.9. The van der Waals surface area contributed by atoms with Crippen molar-refractivity contribution in [2.75, 3.05) is 42.7 Å². The molecule has 6 heterocycles. The Morgan fingerprint density at radius 1 is 0.431 bits per heavy atom. The van der Waals surface area contributed by atoms with Crippen molar-refractivity contribution >= 4 is 74.0 Å². The van der Waals surface area contributed by atoms with E-state index < -0.39 is 96.8 Å². The molecule has 0 atom stereocenters. The molecule has 5 aromatic heterocycles. The fourth-order valence-electron chi connectivity index (χ4n) is 12.2. The zero-order valence-electron chi connectivity index (χ0n) is 66.6. The largest absolute Gasteiger partial charge is 0.494 e. The van der Waals surface area contributed by atoms with Crippen molar-refractivity contribution in [2.24, 2.45) is 14.1 Å². The maximum absolute atomic E-state index is 14.0. The Morgan fingerprint density at radius 3 is 0.983 bits per heavy atom. The molecule has 1 aliphatic rings. The van der Waals surface area contributed by atoms with Crippen LogP contribution in [0.25, 0.3) is 28.5 Å². The van der Waals surface area contributed by atoms with E-state index in [9.17, 15) is 55.0 Å². The fraction of sp³-hybridized carbons (Fsp3) is 0.325. The van der Waals surface area contributed by atoms with Gasteiger partial charge in [0.25, 0.3) is 16.7 Å². The number of sulfone groups is 3. The number of methoxy groups -OCH3 is 6. The smallest absolute Gasteiger partial charge is 0.494 e. The summed E-state index contributed by atoms with van der Waals surface area (Å²) in [5.41, 5.74) is -2.05. The van der Waals surface area contributed by atoms with E-state index >= 15 is 0 Å². The molecule has 0 spiro atoms. The summed E-state index contributed by atoms with van der Waals surface area (Å²) in [5.74, 6) is 0.393. The highest BCUT2D eigenvalue weighted by molar-refractivity contribution is 9.10. The van der Waals surface area contributed by atoms with Gasteiger partial charge in [-0.1, -0.05) is 86.3 Å². The number of aromatic hydroxyl groups is 3. The van der Waals surface area contributed by atoms with E-state index in [2.05, 4.69) is 56.8 Å². The average Bonchev–Trinajstić information content (AvgIpc) is 0.873. The number of unbranched alkanes of at least 4 members (excludes halogenated alkanes) is 3. The third kappa shape index (κ3) is 18.8. The molecule has 30 nitrogen and oxygen atoms in total. The van der Waals surface area contributed by atoms with E-state index in [4.69, 9.17) is 37.7 Å². The fourth-order valence-corrected chi connectivity index (χ4v) is 16.7. The number of hydrogen-bond donors (Lipinski definition) is 3. The van der Waals surface area contributed by atoms with Gasteiger partial charge in [0.2, 0.25) is 47.2 Å². The lowest BCUT2D eigenvalue weighted by atomic mass is 9.79. The van der Waals surface area contributed by atoms with Crippen molar-refractivity contribution in [2.45, 2.75) is 147 Å². The van der Waals surface area contributed by atoms with Gasteiger partial charge in [0.1, 0.15) is 74.9 Å². The second-order valence-corrected chi connectivity index (χ2v) is 34.4. The lowest BCUT2D eigenvalue weighted by Crippen LogP contribution is -2.41. The van der Waals surface area contributed by atoms with Crippen LogP contribution >= 0.6 is 31.9 Å². The summed E-state index contributed by atoms with van der Waals surface area (Å²) < 4.78 is 135. The molecule has 0 amide bonds. The maximum atomic E-state index is 14.0. The summed E-state index contributed by atoms with van der Waals surface area (Å²) in [6.07, 6.45) is 12.4. The van der Waals surface area contributed by atoms with E-state index in [1.54, 1.807) is 102 Å². The first-order valence-corrected chi connectivity index (χ1v) is 42.5. The van der Waals surface area contributed by atoms with Crippen LogP contribution in [0.2, 0.25) is 0 Å². The predicted octanol–water partition coefficient (Wildman–Crippen LogP) is 12.0. The minimum absolute atomic E-state index is 0.144. The number of imidazole rings is 2. The van der Waals surface area contributed by atoms with Crippen molar-refractivity contribution in [3.8, 4) is 80.6 Å². The molecule has 1 saturated heterocycles. The number of rotatable bonds is 26. The number of benzene rings is 6. The van der Waals surface area contributed by atoms with Gasteiger partial charge in [-0.25, -0.2) is 35.2 Å². The number of para-hydroxylation sites is 3. The van der Waals surface area contributed by atoms with E-state index in [-0.39, 0.29) is 72.2 Å². The Morgan fingerprint density at radius 2 is 0.724 bits per heavy atom. The maximum Gasteiger partial charge on any atom is 0.494 e. The SMILES string of the molecule is CCCCc1nc(O)c(S(=O)(=O)c2ccc(-c3nccn3C)cc2)c(=O)n1-c1c(OC)cccc1OC.CCCCc1nc(O)c(S(=O)(=O)c2ccc(B3OC(C)(C)C(C)(C)O3)cc2)c(=O)n1-c1c(OC)cccc1OC.CCCCc1nc(O)c(S(=O)(=O)c2ccc(Br)cc2)c(=O)n1-c1c(OC)cccc1OC.Cn1ccnc1Br. The quantitative estimate of drug-likeness (QED) is 0.0424. The molecule has 0 bridgehead atoms. The third-order valence-electron chi connectivity index (χ3n) is 19.1. The number of nitrogens with zero attached hydrogens (tertiary/aromatic N) is 10. The van der Waals surface area contributed by atoms with Gasteiger partial charge in [-0.15, -0.1) is 0 Å². The van der Waals surface area contributed by atoms with Crippen LogP contribution in [-0.4, -0.2) is 149 Å². The van der Waals surface area contributed by atoms with E-state index in [1.165, 1.54) is 91.2 Å². The molecule has 0 unspecified atom stereocenters. The van der Waals surface area contributed by atoms with E-state index in [1.807, 2.05) is 73.3 Å². The van der Waals surface area contributed by atoms with Gasteiger partial charge in [-0.2, -0.15) is 15.0 Å². The summed E-state index contributed by atoms with van der Waals surface area (Å²) in [7, 11) is -1.67. The van der Waals surface area contributed by atoms with Gasteiger partial charge in [-0.3, -0.25) is 28.1 Å². The Balaban J connectivity index is 0.000000191. The number of aromatic nitrogens is 10. The lowest BCUT2D eigenvalue weighted by Gasteiger charge is -2.32. The standard InChI is InChI=1S/C28H35BN2O8S.C26H28N4O6S.C22H23BrN2O6S.C4H5BrN2/c1-8-9-13-22-30-25(32)24(26(33)31(22)23-20(36-6)11-10-12-21(23)37-7)40(34,35)19-16-14-18(15-17-19)29-38-27(2,3)28(4,5)39-29;1-5-6-10-21-28-25(31)23(26(32)30(21)22-19(35-3)8-7-9-20(22)36-4)37(33,34)18-13-11-17(12-14-18)24-27-15-16-29(24)2;1-4-5-9-18-24-21(26)20(32(28,29)15-12-10-14(23)11-13-15)22(27)25(18)19-16(30-2)7-6-8-17(19)31-3;1-7-3-2-6-4(7)5/h10-12,14-17,32H,8-9,13H2,1-7H3;7-9,11-16,31H,5-6,10H2,1-4H3;6-8,10-13,26H,4-5,9H2,1-3H3;2-3H,1H3. The molecular weight excluding hydrogens is 1690 g/mol.